The van der Waals surface area contributed by atoms with Crippen molar-refractivity contribution >= 4 is 29.1 Å². The Balaban J connectivity index is 1.28. The summed E-state index contributed by atoms with van der Waals surface area (Å²) in [5.41, 5.74) is 1.27. The van der Waals surface area contributed by atoms with Gasteiger partial charge in [0.15, 0.2) is 0 Å². The molecular weight excluding hydrogens is 514 g/mol. The topological polar surface area (TPSA) is 106 Å². The van der Waals surface area contributed by atoms with Crippen molar-refractivity contribution in [2.24, 2.45) is 0 Å². The van der Waals surface area contributed by atoms with Crippen LogP contribution in [0.3, 0.4) is 0 Å². The number of nitrogens with zero attached hydrogens (tertiary/aromatic N) is 4. The maximum absolute atomic E-state index is 13.5. The molecule has 2 saturated heterocycles. The first-order chi connectivity index (χ1) is 17.5. The maximum Gasteiger partial charge on any atom is 0.271 e. The maximum atomic E-state index is 13.5. The van der Waals surface area contributed by atoms with Gasteiger partial charge in [0.1, 0.15) is 11.7 Å². The van der Waals surface area contributed by atoms with Gasteiger partial charge >= 0.3 is 0 Å². The molecule has 0 radical (unpaired) electrons. The number of rotatable bonds is 6. The number of carbonyl (C=O) groups excluding carboxylic acids is 3. The number of amides is 3. The molecule has 2 fully saturated rings. The second-order valence-corrected chi connectivity index (χ2v) is 10.0. The summed E-state index contributed by atoms with van der Waals surface area (Å²) in [5, 5.41) is 13.4. The molecule has 8 nitrogen and oxygen atoms in total. The average molecular weight is 538 g/mol. The number of hydrogen-bond acceptors (Lipinski definition) is 6. The SMILES string of the molecule is N#C[C@@H]1CC(F)(F)CN1C(=O)CNC(=O)c1csc(Cc2ccc(C(=O)N3CCC(F)(F)CC3)cc2)n1. The molecule has 196 valence electrons. The van der Waals surface area contributed by atoms with Crippen LogP contribution in [0.4, 0.5) is 17.6 Å². The lowest BCUT2D eigenvalue weighted by molar-refractivity contribution is -0.131. The lowest BCUT2D eigenvalue weighted by Crippen LogP contribution is -2.43. The Morgan fingerprint density at radius 3 is 2.43 bits per heavy atom. The lowest BCUT2D eigenvalue weighted by Gasteiger charge is -2.31. The van der Waals surface area contributed by atoms with Gasteiger partial charge in [0.25, 0.3) is 23.7 Å². The number of carbonyl (C=O) groups is 3. The summed E-state index contributed by atoms with van der Waals surface area (Å²) in [5.74, 6) is -7.60. The normalized spacial score (nSPS) is 20.4. The molecule has 4 rings (SSSR count). The van der Waals surface area contributed by atoms with Gasteiger partial charge in [-0.2, -0.15) is 5.26 Å². The fourth-order valence-electron chi connectivity index (χ4n) is 4.20. The molecule has 3 heterocycles. The Morgan fingerprint density at radius 2 is 1.78 bits per heavy atom. The number of piperidine rings is 1. The molecule has 0 spiro atoms. The van der Waals surface area contributed by atoms with Crippen LogP contribution in [-0.2, 0) is 11.2 Å². The first-order valence-electron chi connectivity index (χ1n) is 11.5. The highest BCUT2D eigenvalue weighted by molar-refractivity contribution is 7.09. The number of likely N-dealkylation sites (tertiary alicyclic amines) is 2. The Kier molecular flexibility index (Phi) is 7.49. The van der Waals surface area contributed by atoms with Gasteiger partial charge in [-0.1, -0.05) is 12.1 Å². The molecule has 0 unspecified atom stereocenters. The van der Waals surface area contributed by atoms with Gasteiger partial charge in [0.2, 0.25) is 5.91 Å². The van der Waals surface area contributed by atoms with E-state index in [4.69, 9.17) is 5.26 Å². The molecule has 1 atom stereocenters. The summed E-state index contributed by atoms with van der Waals surface area (Å²) in [7, 11) is 0. The monoisotopic (exact) mass is 537 g/mol. The van der Waals surface area contributed by atoms with Crippen LogP contribution < -0.4 is 5.32 Å². The van der Waals surface area contributed by atoms with Gasteiger partial charge < -0.3 is 15.1 Å². The number of benzene rings is 1. The van der Waals surface area contributed by atoms with E-state index in [1.807, 2.05) is 0 Å². The van der Waals surface area contributed by atoms with Crippen LogP contribution in [0.15, 0.2) is 29.6 Å². The summed E-state index contributed by atoms with van der Waals surface area (Å²) in [6.07, 6.45) is -1.06. The summed E-state index contributed by atoms with van der Waals surface area (Å²) in [4.78, 5) is 43.6. The molecule has 2 aliphatic heterocycles. The number of nitrogens with one attached hydrogen (secondary N) is 1. The predicted octanol–water partition coefficient (Wildman–Crippen LogP) is 3.09. The second-order valence-electron chi connectivity index (χ2n) is 9.06. The van der Waals surface area contributed by atoms with Gasteiger partial charge in [-0.25, -0.2) is 22.5 Å². The van der Waals surface area contributed by atoms with E-state index in [-0.39, 0.29) is 37.5 Å². The van der Waals surface area contributed by atoms with Crippen LogP contribution in [0.25, 0.3) is 0 Å². The van der Waals surface area contributed by atoms with Crippen LogP contribution in [-0.4, -0.2) is 76.6 Å². The molecule has 0 saturated carbocycles. The molecule has 0 aliphatic carbocycles. The highest BCUT2D eigenvalue weighted by atomic mass is 32.1. The molecule has 1 aromatic heterocycles. The number of thiazole rings is 1. The van der Waals surface area contributed by atoms with Gasteiger partial charge in [0.05, 0.1) is 24.2 Å². The standard InChI is InChI=1S/C24H23F4N5O3S/c25-23(26)5-7-32(8-6-23)22(36)16-3-1-15(2-4-16)9-19-31-18(13-37-19)21(35)30-12-20(34)33-14-24(27,28)10-17(33)11-29/h1-4,13,17H,5-10,12,14H2,(H,30,35)/t17-/m0/s1. The molecule has 2 aliphatic rings. The molecule has 1 N–H and O–H groups in total. The molecule has 3 amide bonds. The Labute approximate surface area is 213 Å². The minimum Gasteiger partial charge on any atom is -0.342 e. The van der Waals surface area contributed by atoms with Gasteiger partial charge in [-0.05, 0) is 17.7 Å². The second kappa shape index (κ2) is 10.5. The quantitative estimate of drug-likeness (QED) is 0.570. The van der Waals surface area contributed by atoms with Crippen molar-refractivity contribution in [3.05, 3.63) is 51.5 Å². The third kappa shape index (κ3) is 6.43. The lowest BCUT2D eigenvalue weighted by atomic mass is 10.0. The van der Waals surface area contributed by atoms with E-state index >= 15 is 0 Å². The van der Waals surface area contributed by atoms with E-state index in [1.165, 1.54) is 21.6 Å². The molecule has 0 bridgehead atoms. The number of nitriles is 1. The highest BCUT2D eigenvalue weighted by Crippen LogP contribution is 2.31. The first-order valence-corrected chi connectivity index (χ1v) is 12.4. The van der Waals surface area contributed by atoms with E-state index in [1.54, 1.807) is 30.3 Å². The van der Waals surface area contributed by atoms with Crippen LogP contribution in [0.5, 0.6) is 0 Å². The third-order valence-electron chi connectivity index (χ3n) is 6.26. The van der Waals surface area contributed by atoms with Gasteiger partial charge in [0, 0.05) is 49.7 Å². The predicted molar refractivity (Wildman–Crippen MR) is 124 cm³/mol. The zero-order valence-electron chi connectivity index (χ0n) is 19.6. The first kappa shape index (κ1) is 26.5. The fraction of sp³-hybridized carbons (Fsp3) is 0.458. The van der Waals surface area contributed by atoms with Crippen LogP contribution in [0, 0.1) is 11.3 Å². The van der Waals surface area contributed by atoms with Crippen molar-refractivity contribution in [1.82, 2.24) is 20.1 Å². The van der Waals surface area contributed by atoms with Crippen LogP contribution in [0.2, 0.25) is 0 Å². The van der Waals surface area contributed by atoms with E-state index in [2.05, 4.69) is 10.3 Å². The highest BCUT2D eigenvalue weighted by Gasteiger charge is 2.47. The summed E-state index contributed by atoms with van der Waals surface area (Å²) < 4.78 is 53.7. The van der Waals surface area contributed by atoms with Crippen molar-refractivity contribution in [3.63, 3.8) is 0 Å². The Hall–Kier alpha value is -3.53. The Morgan fingerprint density at radius 1 is 1.11 bits per heavy atom. The van der Waals surface area contributed by atoms with E-state index in [9.17, 15) is 31.9 Å². The van der Waals surface area contributed by atoms with E-state index in [0.717, 1.165) is 10.5 Å². The summed E-state index contributed by atoms with van der Waals surface area (Å²) in [6, 6.07) is 7.13. The Bertz CT molecular complexity index is 1220. The smallest absolute Gasteiger partial charge is 0.271 e. The zero-order valence-corrected chi connectivity index (χ0v) is 20.4. The zero-order chi connectivity index (χ0) is 26.8. The molecule has 37 heavy (non-hydrogen) atoms. The van der Waals surface area contributed by atoms with Crippen LogP contribution in [0.1, 0.15) is 50.7 Å². The van der Waals surface area contributed by atoms with Crippen molar-refractivity contribution in [3.8, 4) is 6.07 Å². The summed E-state index contributed by atoms with van der Waals surface area (Å²) in [6.45, 7) is -1.39. The summed E-state index contributed by atoms with van der Waals surface area (Å²) >= 11 is 1.21. The number of alkyl halides is 4. The third-order valence-corrected chi connectivity index (χ3v) is 7.11. The van der Waals surface area contributed by atoms with Crippen LogP contribution >= 0.6 is 11.3 Å². The van der Waals surface area contributed by atoms with Gasteiger partial charge in [-0.3, -0.25) is 14.4 Å². The minimum atomic E-state index is -3.14. The molecule has 13 heteroatoms. The molecular formula is C24H23F4N5O3S. The van der Waals surface area contributed by atoms with Crippen molar-refractivity contribution in [2.75, 3.05) is 26.2 Å². The average Bonchev–Trinajstić information content (AvgIpc) is 3.45. The van der Waals surface area contributed by atoms with E-state index in [0.29, 0.717) is 17.0 Å². The number of hydrogen-bond donors (Lipinski definition) is 1. The number of aromatic nitrogens is 1. The van der Waals surface area contributed by atoms with Gasteiger partial charge in [-0.15, -0.1) is 11.3 Å². The largest absolute Gasteiger partial charge is 0.342 e. The van der Waals surface area contributed by atoms with Crippen molar-refractivity contribution in [2.45, 2.75) is 43.6 Å². The minimum absolute atomic E-state index is 0.00650. The fourth-order valence-corrected chi connectivity index (χ4v) is 5.01. The van der Waals surface area contributed by atoms with Crippen molar-refractivity contribution < 1.29 is 31.9 Å². The van der Waals surface area contributed by atoms with E-state index < -0.39 is 49.2 Å². The van der Waals surface area contributed by atoms with Crippen molar-refractivity contribution in [1.29, 1.82) is 5.26 Å². The number of halogens is 4. The molecule has 2 aromatic rings. The molecule has 1 aromatic carbocycles.